The summed E-state index contributed by atoms with van der Waals surface area (Å²) in [6, 6.07) is 4.27. The maximum absolute atomic E-state index is 12.9. The zero-order chi connectivity index (χ0) is 18.5. The number of nitrogens with zero attached hydrogens (tertiary/aromatic N) is 4. The number of piperazine rings is 1. The van der Waals surface area contributed by atoms with E-state index in [9.17, 15) is 4.79 Å². The molecule has 26 heavy (non-hydrogen) atoms. The van der Waals surface area contributed by atoms with E-state index in [1.807, 2.05) is 17.0 Å². The molecule has 138 valence electrons. The lowest BCUT2D eigenvalue weighted by Crippen LogP contribution is -2.49. The quantitative estimate of drug-likeness (QED) is 0.797. The Bertz CT molecular complexity index is 834. The van der Waals surface area contributed by atoms with Gasteiger partial charge in [0.2, 0.25) is 11.6 Å². The van der Waals surface area contributed by atoms with Gasteiger partial charge in [-0.3, -0.25) is 4.79 Å². The Labute approximate surface area is 161 Å². The molecule has 0 N–H and O–H groups in total. The van der Waals surface area contributed by atoms with Crippen molar-refractivity contribution in [1.82, 2.24) is 14.9 Å². The molecule has 1 saturated carbocycles. The highest BCUT2D eigenvalue weighted by atomic mass is 35.5. The Morgan fingerprint density at radius 1 is 1.31 bits per heavy atom. The zero-order valence-electron chi connectivity index (χ0n) is 14.7. The van der Waals surface area contributed by atoms with Gasteiger partial charge in [-0.2, -0.15) is 4.98 Å². The first-order valence-corrected chi connectivity index (χ1v) is 9.41. The van der Waals surface area contributed by atoms with E-state index in [1.165, 1.54) is 0 Å². The minimum Gasteiger partial charge on any atom is -0.404 e. The predicted octanol–water partition coefficient (Wildman–Crippen LogP) is 3.46. The second-order valence-corrected chi connectivity index (χ2v) is 8.43. The Balaban J connectivity index is 1.40. The minimum atomic E-state index is -0.102. The van der Waals surface area contributed by atoms with Gasteiger partial charge in [-0.25, -0.2) is 4.98 Å². The van der Waals surface area contributed by atoms with E-state index < -0.39 is 0 Å². The van der Waals surface area contributed by atoms with Crippen molar-refractivity contribution < 1.29 is 9.21 Å². The van der Waals surface area contributed by atoms with Crippen molar-refractivity contribution in [2.24, 2.45) is 17.3 Å². The predicted molar refractivity (Wildman–Crippen MR) is 101 cm³/mol. The molecule has 4 rings (SSSR count). The summed E-state index contributed by atoms with van der Waals surface area (Å²) in [7, 11) is 0. The molecule has 2 fully saturated rings. The van der Waals surface area contributed by atoms with Crippen LogP contribution in [-0.2, 0) is 4.79 Å². The second kappa shape index (κ2) is 6.43. The van der Waals surface area contributed by atoms with Crippen LogP contribution in [0.2, 0.25) is 0 Å². The average Bonchev–Trinajstić information content (AvgIpc) is 2.96. The summed E-state index contributed by atoms with van der Waals surface area (Å²) >= 11 is 11.6. The molecule has 2 atom stereocenters. The smallest absolute Gasteiger partial charge is 0.299 e. The zero-order valence-corrected chi connectivity index (χ0v) is 16.2. The lowest BCUT2D eigenvalue weighted by Gasteiger charge is -2.34. The number of anilines is 1. The van der Waals surface area contributed by atoms with Crippen molar-refractivity contribution >= 4 is 46.4 Å². The lowest BCUT2D eigenvalue weighted by molar-refractivity contribution is -0.133. The molecule has 6 nitrogen and oxygen atoms in total. The van der Waals surface area contributed by atoms with Crippen LogP contribution in [0.1, 0.15) is 13.8 Å². The summed E-state index contributed by atoms with van der Waals surface area (Å²) in [5, 5.41) is 0. The molecule has 8 heteroatoms. The highest BCUT2D eigenvalue weighted by Gasteiger charge is 2.61. The van der Waals surface area contributed by atoms with Gasteiger partial charge in [-0.1, -0.05) is 37.0 Å². The van der Waals surface area contributed by atoms with Gasteiger partial charge in [-0.15, -0.1) is 0 Å². The fourth-order valence-electron chi connectivity index (χ4n) is 3.80. The van der Waals surface area contributed by atoms with Crippen LogP contribution >= 0.6 is 23.2 Å². The molecule has 2 aromatic rings. The summed E-state index contributed by atoms with van der Waals surface area (Å²) in [5.41, 5.74) is 1.18. The molecule has 0 unspecified atom stereocenters. The van der Waals surface area contributed by atoms with Crippen LogP contribution in [0.4, 0.5) is 6.01 Å². The van der Waals surface area contributed by atoms with E-state index in [-0.39, 0.29) is 27.6 Å². The van der Waals surface area contributed by atoms with Gasteiger partial charge in [0, 0.05) is 32.4 Å². The van der Waals surface area contributed by atoms with Gasteiger partial charge in [-0.05, 0) is 29.5 Å². The van der Waals surface area contributed by atoms with E-state index >= 15 is 0 Å². The van der Waals surface area contributed by atoms with Crippen LogP contribution in [0.5, 0.6) is 0 Å². The van der Waals surface area contributed by atoms with Crippen LogP contribution in [0, 0.1) is 17.3 Å². The van der Waals surface area contributed by atoms with Gasteiger partial charge < -0.3 is 14.2 Å². The molecule has 1 aliphatic carbocycles. The molecule has 3 heterocycles. The van der Waals surface area contributed by atoms with E-state index in [1.54, 1.807) is 12.3 Å². The first-order valence-electron chi connectivity index (χ1n) is 8.66. The van der Waals surface area contributed by atoms with E-state index in [4.69, 9.17) is 27.6 Å². The number of amides is 1. The number of allylic oxidation sites excluding steroid dienone is 1. The highest BCUT2D eigenvalue weighted by molar-refractivity contribution is 6.55. The Hall–Kier alpha value is -1.79. The van der Waals surface area contributed by atoms with Crippen molar-refractivity contribution in [3.8, 4) is 0 Å². The molecule has 1 amide bonds. The van der Waals surface area contributed by atoms with E-state index in [0.717, 1.165) is 5.52 Å². The van der Waals surface area contributed by atoms with Crippen molar-refractivity contribution in [2.75, 3.05) is 31.1 Å². The number of hydrogen-bond acceptors (Lipinski definition) is 5. The molecular formula is C18H20Cl2N4O2. The SMILES string of the molecule is CC1(C)[C@H](C=C(Cl)Cl)[C@H]1C(=O)N1CCN(c2nc3cccnc3o2)CC1. The monoisotopic (exact) mass is 394 g/mol. The highest BCUT2D eigenvalue weighted by Crippen LogP contribution is 2.60. The Morgan fingerprint density at radius 3 is 2.69 bits per heavy atom. The maximum Gasteiger partial charge on any atom is 0.299 e. The number of halogens is 2. The van der Waals surface area contributed by atoms with E-state index in [2.05, 4.69) is 28.7 Å². The van der Waals surface area contributed by atoms with Crippen LogP contribution in [0.15, 0.2) is 33.3 Å². The third kappa shape index (κ3) is 3.05. The topological polar surface area (TPSA) is 62.5 Å². The van der Waals surface area contributed by atoms with Crippen LogP contribution in [0.25, 0.3) is 11.2 Å². The number of aromatic nitrogens is 2. The van der Waals surface area contributed by atoms with Crippen LogP contribution in [0.3, 0.4) is 0 Å². The van der Waals surface area contributed by atoms with Crippen molar-refractivity contribution in [1.29, 1.82) is 0 Å². The molecule has 2 aliphatic rings. The summed E-state index contributed by atoms with van der Waals surface area (Å²) in [4.78, 5) is 25.5. The van der Waals surface area contributed by atoms with Gasteiger partial charge in [0.1, 0.15) is 10.0 Å². The number of oxazole rings is 1. The average molecular weight is 395 g/mol. The van der Waals surface area contributed by atoms with Crippen molar-refractivity contribution in [3.05, 3.63) is 28.9 Å². The van der Waals surface area contributed by atoms with Gasteiger partial charge in [0.15, 0.2) is 0 Å². The van der Waals surface area contributed by atoms with Crippen molar-refractivity contribution in [2.45, 2.75) is 13.8 Å². The Morgan fingerprint density at radius 2 is 2.04 bits per heavy atom. The second-order valence-electron chi connectivity index (χ2n) is 7.42. The molecule has 0 aromatic carbocycles. The number of carbonyl (C=O) groups is 1. The van der Waals surface area contributed by atoms with Gasteiger partial charge in [0.25, 0.3) is 6.01 Å². The Kier molecular flexibility index (Phi) is 4.35. The largest absolute Gasteiger partial charge is 0.404 e. The molecule has 0 bridgehead atoms. The molecule has 0 spiro atoms. The summed E-state index contributed by atoms with van der Waals surface area (Å²) < 4.78 is 5.95. The fourth-order valence-corrected chi connectivity index (χ4v) is 4.08. The number of fused-ring (bicyclic) bond motifs is 1. The molecule has 2 aromatic heterocycles. The number of hydrogen-bond donors (Lipinski definition) is 0. The summed E-state index contributed by atoms with van der Waals surface area (Å²) in [6.45, 7) is 6.81. The standard InChI is InChI=1S/C18H20Cl2N4O2/c1-18(2)11(10-13(19)20)14(18)16(25)23-6-8-24(9-7-23)17-22-12-4-3-5-21-15(12)26-17/h3-5,10-11,14H,6-9H2,1-2H3/t11-,14+/m1/s1. The number of pyridine rings is 1. The molecule has 1 saturated heterocycles. The molecule has 1 aliphatic heterocycles. The van der Waals surface area contributed by atoms with Crippen molar-refractivity contribution in [3.63, 3.8) is 0 Å². The summed E-state index contributed by atoms with van der Waals surface area (Å²) in [6.07, 6.45) is 3.47. The fraction of sp³-hybridized carbons (Fsp3) is 0.500. The normalized spacial score (nSPS) is 24.6. The minimum absolute atomic E-state index is 0.0601. The number of rotatable bonds is 3. The first kappa shape index (κ1) is 17.6. The third-order valence-corrected chi connectivity index (χ3v) is 5.75. The first-order chi connectivity index (χ1) is 12.4. The lowest BCUT2D eigenvalue weighted by atomic mass is 10.1. The van der Waals surface area contributed by atoms with E-state index in [0.29, 0.717) is 37.9 Å². The van der Waals surface area contributed by atoms with Gasteiger partial charge >= 0.3 is 0 Å². The van der Waals surface area contributed by atoms with Gasteiger partial charge in [0.05, 0.1) is 5.92 Å². The maximum atomic E-state index is 12.9. The third-order valence-electron chi connectivity index (χ3n) is 5.50. The van der Waals surface area contributed by atoms with Crippen LogP contribution in [-0.4, -0.2) is 47.0 Å². The molecular weight excluding hydrogens is 375 g/mol. The number of carbonyl (C=O) groups excluding carboxylic acids is 1. The molecule has 0 radical (unpaired) electrons. The van der Waals surface area contributed by atoms with Crippen LogP contribution < -0.4 is 4.90 Å². The summed E-state index contributed by atoms with van der Waals surface area (Å²) in [5.74, 6) is 0.209.